The van der Waals surface area contributed by atoms with Crippen LogP contribution in [0, 0.1) is 5.92 Å². The number of aliphatic hydroxyl groups excluding tert-OH is 1. The molecule has 1 atom stereocenters. The molecule has 5 heteroatoms. The van der Waals surface area contributed by atoms with E-state index in [-0.39, 0.29) is 24.0 Å². The first-order chi connectivity index (χ1) is 11.1. The minimum Gasteiger partial charge on any atom is -0.508 e. The molecular weight excluding hydrogens is 294 g/mol. The molecule has 0 bridgehead atoms. The summed E-state index contributed by atoms with van der Waals surface area (Å²) >= 11 is 0. The number of carbonyl (C=O) groups excluding carboxylic acids is 1. The van der Waals surface area contributed by atoms with E-state index in [4.69, 9.17) is 0 Å². The number of hydrogen-bond donors (Lipinski definition) is 4. The van der Waals surface area contributed by atoms with Gasteiger partial charge in [-0.05, 0) is 30.0 Å². The highest BCUT2D eigenvalue weighted by molar-refractivity contribution is 5.79. The highest BCUT2D eigenvalue weighted by atomic mass is 16.3. The number of carbonyl (C=O) groups is 1. The van der Waals surface area contributed by atoms with Crippen molar-refractivity contribution in [2.24, 2.45) is 5.92 Å². The van der Waals surface area contributed by atoms with Crippen LogP contribution in [0.15, 0.2) is 48.5 Å². The molecule has 23 heavy (non-hydrogen) atoms. The van der Waals surface area contributed by atoms with Gasteiger partial charge in [-0.1, -0.05) is 36.4 Å². The second-order valence-corrected chi connectivity index (χ2v) is 5.43. The van der Waals surface area contributed by atoms with Crippen LogP contribution in [0.4, 0.5) is 0 Å². The summed E-state index contributed by atoms with van der Waals surface area (Å²) in [6, 6.07) is 13.9. The van der Waals surface area contributed by atoms with Crippen LogP contribution in [0.25, 0.3) is 0 Å². The zero-order valence-electron chi connectivity index (χ0n) is 12.8. The molecule has 2 aromatic rings. The number of rotatable bonds is 7. The summed E-state index contributed by atoms with van der Waals surface area (Å²) in [4.78, 5) is 12.3. The first-order valence-electron chi connectivity index (χ1n) is 7.53. The topological polar surface area (TPSA) is 89.8 Å². The Hall–Kier alpha value is -2.53. The van der Waals surface area contributed by atoms with E-state index in [9.17, 15) is 20.1 Å². The van der Waals surface area contributed by atoms with E-state index in [0.717, 1.165) is 5.56 Å². The predicted molar refractivity (Wildman–Crippen MR) is 87.0 cm³/mol. The summed E-state index contributed by atoms with van der Waals surface area (Å²) in [6.07, 6.45) is 0.605. The molecule has 0 saturated carbocycles. The van der Waals surface area contributed by atoms with Crippen LogP contribution in [0.1, 0.15) is 17.5 Å². The number of phenols is 2. The van der Waals surface area contributed by atoms with Gasteiger partial charge in [0.2, 0.25) is 5.91 Å². The van der Waals surface area contributed by atoms with E-state index in [1.54, 1.807) is 6.07 Å². The van der Waals surface area contributed by atoms with Gasteiger partial charge >= 0.3 is 0 Å². The van der Waals surface area contributed by atoms with Crippen molar-refractivity contribution in [1.82, 2.24) is 5.32 Å². The minimum atomic E-state index is -0.445. The van der Waals surface area contributed by atoms with Crippen molar-refractivity contribution in [1.29, 1.82) is 0 Å². The molecule has 4 N–H and O–H groups in total. The molecule has 0 spiro atoms. The Bertz CT molecular complexity index is 643. The SMILES string of the molecule is O=C(NCc1ccccc1)C(CCO)Cc1ccc(O)cc1O. The van der Waals surface area contributed by atoms with E-state index in [1.165, 1.54) is 12.1 Å². The van der Waals surface area contributed by atoms with Gasteiger partial charge < -0.3 is 20.6 Å². The van der Waals surface area contributed by atoms with E-state index in [1.807, 2.05) is 30.3 Å². The molecule has 0 aliphatic heterocycles. The zero-order chi connectivity index (χ0) is 16.7. The molecule has 122 valence electrons. The van der Waals surface area contributed by atoms with Crippen molar-refractivity contribution >= 4 is 5.91 Å². The van der Waals surface area contributed by atoms with Crippen LogP contribution in [-0.2, 0) is 17.8 Å². The van der Waals surface area contributed by atoms with Gasteiger partial charge in [0.05, 0.1) is 0 Å². The molecule has 5 nitrogen and oxygen atoms in total. The van der Waals surface area contributed by atoms with Gasteiger partial charge in [-0.3, -0.25) is 4.79 Å². The molecule has 0 aromatic heterocycles. The van der Waals surface area contributed by atoms with Gasteiger partial charge in [0.25, 0.3) is 0 Å². The molecule has 0 radical (unpaired) electrons. The fourth-order valence-electron chi connectivity index (χ4n) is 2.40. The van der Waals surface area contributed by atoms with Crippen molar-refractivity contribution in [3.63, 3.8) is 0 Å². The van der Waals surface area contributed by atoms with Gasteiger partial charge in [-0.15, -0.1) is 0 Å². The molecular formula is C18H21NO4. The standard InChI is InChI=1S/C18H21NO4/c20-9-8-15(10-14-6-7-16(21)11-17(14)22)18(23)19-12-13-4-2-1-3-5-13/h1-7,11,15,20-22H,8-10,12H2,(H,19,23). The van der Waals surface area contributed by atoms with Crippen molar-refractivity contribution in [2.75, 3.05) is 6.61 Å². The smallest absolute Gasteiger partial charge is 0.223 e. The molecule has 1 amide bonds. The van der Waals surface area contributed by atoms with Gasteiger partial charge in [-0.25, -0.2) is 0 Å². The summed E-state index contributed by atoms with van der Waals surface area (Å²) in [7, 11) is 0. The molecule has 0 fully saturated rings. The second kappa shape index (κ2) is 8.19. The van der Waals surface area contributed by atoms with Gasteiger partial charge in [-0.2, -0.15) is 0 Å². The molecule has 2 aromatic carbocycles. The lowest BCUT2D eigenvalue weighted by atomic mass is 9.94. The average molecular weight is 315 g/mol. The number of nitrogens with one attached hydrogen (secondary N) is 1. The lowest BCUT2D eigenvalue weighted by Gasteiger charge is -2.17. The van der Waals surface area contributed by atoms with Crippen molar-refractivity contribution in [3.05, 3.63) is 59.7 Å². The van der Waals surface area contributed by atoms with E-state index >= 15 is 0 Å². The van der Waals surface area contributed by atoms with Crippen molar-refractivity contribution in [2.45, 2.75) is 19.4 Å². The van der Waals surface area contributed by atoms with Crippen molar-refractivity contribution < 1.29 is 20.1 Å². The lowest BCUT2D eigenvalue weighted by molar-refractivity contribution is -0.125. The number of amides is 1. The Morgan fingerprint density at radius 2 is 1.83 bits per heavy atom. The number of hydrogen-bond acceptors (Lipinski definition) is 4. The molecule has 1 unspecified atom stereocenters. The Morgan fingerprint density at radius 1 is 1.09 bits per heavy atom. The van der Waals surface area contributed by atoms with Gasteiger partial charge in [0, 0.05) is 25.1 Å². The largest absolute Gasteiger partial charge is 0.508 e. The third kappa shape index (κ3) is 5.00. The normalized spacial score (nSPS) is 11.9. The molecule has 0 aliphatic rings. The van der Waals surface area contributed by atoms with Crippen molar-refractivity contribution in [3.8, 4) is 11.5 Å². The second-order valence-electron chi connectivity index (χ2n) is 5.43. The lowest BCUT2D eigenvalue weighted by Crippen LogP contribution is -2.32. The Labute approximate surface area is 135 Å². The van der Waals surface area contributed by atoms with Crippen LogP contribution < -0.4 is 5.32 Å². The third-order valence-electron chi connectivity index (χ3n) is 3.69. The van der Waals surface area contributed by atoms with Crippen LogP contribution in [-0.4, -0.2) is 27.8 Å². The number of phenolic OH excluding ortho intramolecular Hbond substituents is 2. The van der Waals surface area contributed by atoms with Crippen LogP contribution in [0.3, 0.4) is 0 Å². The Balaban J connectivity index is 2.00. The molecule has 0 aliphatic carbocycles. The summed E-state index contributed by atoms with van der Waals surface area (Å²) in [5, 5.41) is 31.2. The zero-order valence-corrected chi connectivity index (χ0v) is 12.8. The maximum absolute atomic E-state index is 12.3. The first-order valence-corrected chi connectivity index (χ1v) is 7.53. The van der Waals surface area contributed by atoms with E-state index in [0.29, 0.717) is 24.9 Å². The molecule has 0 heterocycles. The monoisotopic (exact) mass is 315 g/mol. The summed E-state index contributed by atoms with van der Waals surface area (Å²) in [5.41, 5.74) is 1.56. The fraction of sp³-hybridized carbons (Fsp3) is 0.278. The van der Waals surface area contributed by atoms with Crippen LogP contribution in [0.2, 0.25) is 0 Å². The predicted octanol–water partition coefficient (Wildman–Crippen LogP) is 1.96. The summed E-state index contributed by atoms with van der Waals surface area (Å²) in [5.74, 6) is -0.697. The van der Waals surface area contributed by atoms with E-state index in [2.05, 4.69) is 5.32 Å². The van der Waals surface area contributed by atoms with Gasteiger partial charge in [0.15, 0.2) is 0 Å². The quantitative estimate of drug-likeness (QED) is 0.629. The Kier molecular flexibility index (Phi) is 6.00. The van der Waals surface area contributed by atoms with Crippen LogP contribution in [0.5, 0.6) is 11.5 Å². The molecule has 0 saturated heterocycles. The minimum absolute atomic E-state index is 0.0292. The maximum atomic E-state index is 12.3. The number of aromatic hydroxyl groups is 2. The highest BCUT2D eigenvalue weighted by Gasteiger charge is 2.20. The summed E-state index contributed by atoms with van der Waals surface area (Å²) < 4.78 is 0. The fourth-order valence-corrected chi connectivity index (χ4v) is 2.40. The number of benzene rings is 2. The third-order valence-corrected chi connectivity index (χ3v) is 3.69. The first kappa shape index (κ1) is 16.8. The highest BCUT2D eigenvalue weighted by Crippen LogP contribution is 2.26. The average Bonchev–Trinajstić information content (AvgIpc) is 2.55. The number of aliphatic hydroxyl groups is 1. The van der Waals surface area contributed by atoms with Crippen LogP contribution >= 0.6 is 0 Å². The molecule has 2 rings (SSSR count). The Morgan fingerprint density at radius 3 is 2.48 bits per heavy atom. The maximum Gasteiger partial charge on any atom is 0.223 e. The van der Waals surface area contributed by atoms with E-state index < -0.39 is 5.92 Å². The van der Waals surface area contributed by atoms with Gasteiger partial charge in [0.1, 0.15) is 11.5 Å². The summed E-state index contributed by atoms with van der Waals surface area (Å²) in [6.45, 7) is 0.311.